The molecule has 1 fully saturated rings. The van der Waals surface area contributed by atoms with Gasteiger partial charge in [0.25, 0.3) is 0 Å². The van der Waals surface area contributed by atoms with Gasteiger partial charge in [-0.25, -0.2) is 4.39 Å². The van der Waals surface area contributed by atoms with Gasteiger partial charge < -0.3 is 15.6 Å². The van der Waals surface area contributed by atoms with Gasteiger partial charge in [0.05, 0.1) is 40.7 Å². The number of hydrogen-bond donors (Lipinski definition) is 4. The molecule has 0 bridgehead atoms. The van der Waals surface area contributed by atoms with E-state index in [-0.39, 0.29) is 11.7 Å². The van der Waals surface area contributed by atoms with E-state index < -0.39 is 0 Å². The molecule has 1 saturated heterocycles. The first-order chi connectivity index (χ1) is 20.1. The van der Waals surface area contributed by atoms with E-state index in [2.05, 4.69) is 40.8 Å². The molecule has 0 spiro atoms. The van der Waals surface area contributed by atoms with Crippen LogP contribution in [0.1, 0.15) is 19.3 Å². The second kappa shape index (κ2) is 10.5. The van der Waals surface area contributed by atoms with Crippen molar-refractivity contribution in [2.75, 3.05) is 18.4 Å². The predicted octanol–water partition coefficient (Wildman–Crippen LogP) is 5.70. The number of rotatable bonds is 6. The molecule has 9 nitrogen and oxygen atoms in total. The number of H-pyrrole nitrogens is 2. The van der Waals surface area contributed by atoms with E-state index in [1.54, 1.807) is 36.9 Å². The minimum atomic E-state index is -0.288. The summed E-state index contributed by atoms with van der Waals surface area (Å²) in [6.45, 7) is 1.92. The molecule has 1 aliphatic rings. The zero-order valence-electron chi connectivity index (χ0n) is 22.1. The Balaban J connectivity index is 1.19. The number of amides is 1. The van der Waals surface area contributed by atoms with Gasteiger partial charge in [0.2, 0.25) is 5.91 Å². The number of pyridine rings is 3. The molecule has 204 valence electrons. The third-order valence-corrected chi connectivity index (χ3v) is 7.62. The predicted molar refractivity (Wildman–Crippen MR) is 156 cm³/mol. The number of fused-ring (bicyclic) bond motifs is 2. The number of hydrogen-bond acceptors (Lipinski definition) is 6. The lowest BCUT2D eigenvalue weighted by Gasteiger charge is -2.21. The van der Waals surface area contributed by atoms with Crippen LogP contribution >= 0.6 is 0 Å². The van der Waals surface area contributed by atoms with Crippen molar-refractivity contribution in [3.8, 4) is 33.9 Å². The van der Waals surface area contributed by atoms with Crippen LogP contribution in [0.4, 0.5) is 10.1 Å². The van der Waals surface area contributed by atoms with Crippen molar-refractivity contribution in [2.45, 2.75) is 19.3 Å². The fraction of sp³-hybridized carbons (Fsp3) is 0.194. The maximum absolute atomic E-state index is 13.5. The molecule has 0 aliphatic carbocycles. The Hall–Kier alpha value is -4.96. The van der Waals surface area contributed by atoms with Crippen LogP contribution in [0, 0.1) is 11.7 Å². The lowest BCUT2D eigenvalue weighted by molar-refractivity contribution is -0.117. The highest BCUT2D eigenvalue weighted by Gasteiger charge is 2.18. The smallest absolute Gasteiger partial charge is 0.224 e. The molecule has 1 aromatic carbocycles. The Kier molecular flexibility index (Phi) is 6.44. The van der Waals surface area contributed by atoms with Crippen molar-refractivity contribution in [2.24, 2.45) is 5.92 Å². The minimum absolute atomic E-state index is 0.00434. The number of anilines is 1. The quantitative estimate of drug-likeness (QED) is 0.213. The molecule has 10 heteroatoms. The fourth-order valence-electron chi connectivity index (χ4n) is 5.51. The first-order valence-electron chi connectivity index (χ1n) is 13.6. The SMILES string of the molecule is O=C(CC1CCNCC1)Nc1cncc(-c2cc3c(-c4cc5c(-c6ccc(F)cc6)nccc5[nH]4)n[nH]c3cn2)c1. The minimum Gasteiger partial charge on any atom is -0.353 e. The highest BCUT2D eigenvalue weighted by Crippen LogP contribution is 2.34. The van der Waals surface area contributed by atoms with Crippen molar-refractivity contribution in [1.29, 1.82) is 0 Å². The van der Waals surface area contributed by atoms with Crippen LogP contribution in [-0.2, 0) is 4.79 Å². The van der Waals surface area contributed by atoms with Crippen LogP contribution < -0.4 is 10.6 Å². The molecule has 0 atom stereocenters. The van der Waals surface area contributed by atoms with E-state index in [0.29, 0.717) is 23.7 Å². The number of aromatic nitrogens is 6. The van der Waals surface area contributed by atoms with Gasteiger partial charge in [-0.05, 0) is 80.4 Å². The summed E-state index contributed by atoms with van der Waals surface area (Å²) >= 11 is 0. The van der Waals surface area contributed by atoms with Crippen LogP contribution in [0.5, 0.6) is 0 Å². The summed E-state index contributed by atoms with van der Waals surface area (Å²) < 4.78 is 13.5. The summed E-state index contributed by atoms with van der Waals surface area (Å²) in [6.07, 6.45) is 9.42. The molecule has 5 aromatic heterocycles. The Morgan fingerprint density at radius 3 is 2.59 bits per heavy atom. The molecule has 6 heterocycles. The molecule has 1 amide bonds. The van der Waals surface area contributed by atoms with E-state index >= 15 is 0 Å². The first kappa shape index (κ1) is 25.0. The van der Waals surface area contributed by atoms with Crippen LogP contribution in [0.2, 0.25) is 0 Å². The molecule has 4 N–H and O–H groups in total. The number of piperidine rings is 1. The van der Waals surface area contributed by atoms with Gasteiger partial charge in [-0.1, -0.05) is 0 Å². The van der Waals surface area contributed by atoms with E-state index in [9.17, 15) is 9.18 Å². The molecule has 1 aliphatic heterocycles. The molecule has 0 unspecified atom stereocenters. The molecule has 7 rings (SSSR count). The average Bonchev–Trinajstić information content (AvgIpc) is 3.62. The Morgan fingerprint density at radius 1 is 0.902 bits per heavy atom. The summed E-state index contributed by atoms with van der Waals surface area (Å²) in [5.41, 5.74) is 6.99. The number of carbonyl (C=O) groups excluding carboxylic acids is 1. The number of halogens is 1. The molecule has 0 radical (unpaired) electrons. The van der Waals surface area contributed by atoms with Gasteiger partial charge in [0.15, 0.2) is 0 Å². The van der Waals surface area contributed by atoms with Crippen LogP contribution in [-0.4, -0.2) is 49.1 Å². The van der Waals surface area contributed by atoms with E-state index in [1.165, 1.54) is 12.1 Å². The standard InChI is InChI=1S/C31H27FN8O/c32-21-3-1-19(2-4-21)30-23-14-27(38-25(23)7-10-35-30)31-24-13-26(36-17-28(24)39-40-31)20-12-22(16-34-15-20)37-29(41)11-18-5-8-33-9-6-18/h1-4,7,10,12-18,33,38H,5-6,8-9,11H2,(H,37,41)(H,39,40). The average molecular weight is 547 g/mol. The number of nitrogens with one attached hydrogen (secondary N) is 4. The zero-order valence-corrected chi connectivity index (χ0v) is 22.1. The second-order valence-corrected chi connectivity index (χ2v) is 10.4. The van der Waals surface area contributed by atoms with Crippen LogP contribution in [0.25, 0.3) is 55.7 Å². The number of nitrogens with zero attached hydrogens (tertiary/aromatic N) is 4. The Morgan fingerprint density at radius 2 is 1.73 bits per heavy atom. The fourth-order valence-corrected chi connectivity index (χ4v) is 5.51. The van der Waals surface area contributed by atoms with Crippen molar-refractivity contribution in [3.63, 3.8) is 0 Å². The first-order valence-corrected chi connectivity index (χ1v) is 13.6. The van der Waals surface area contributed by atoms with Crippen LogP contribution in [0.3, 0.4) is 0 Å². The van der Waals surface area contributed by atoms with E-state index in [0.717, 1.165) is 75.9 Å². The lowest BCUT2D eigenvalue weighted by atomic mass is 9.94. The van der Waals surface area contributed by atoms with Gasteiger partial charge in [-0.3, -0.25) is 24.8 Å². The maximum atomic E-state index is 13.5. The van der Waals surface area contributed by atoms with Crippen molar-refractivity contribution in [1.82, 2.24) is 35.5 Å². The molecule has 41 heavy (non-hydrogen) atoms. The summed E-state index contributed by atoms with van der Waals surface area (Å²) in [5.74, 6) is 0.122. The van der Waals surface area contributed by atoms with Gasteiger partial charge in [0, 0.05) is 46.2 Å². The molecular formula is C31H27FN8O. The second-order valence-electron chi connectivity index (χ2n) is 10.4. The van der Waals surface area contributed by atoms with Gasteiger partial charge >= 0.3 is 0 Å². The van der Waals surface area contributed by atoms with Crippen molar-refractivity contribution >= 4 is 33.4 Å². The maximum Gasteiger partial charge on any atom is 0.224 e. The van der Waals surface area contributed by atoms with E-state index in [1.807, 2.05) is 24.3 Å². The zero-order chi connectivity index (χ0) is 27.8. The van der Waals surface area contributed by atoms with Crippen LogP contribution in [0.15, 0.2) is 73.3 Å². The lowest BCUT2D eigenvalue weighted by Crippen LogP contribution is -2.30. The highest BCUT2D eigenvalue weighted by molar-refractivity contribution is 6.00. The Labute approximate surface area is 234 Å². The summed E-state index contributed by atoms with van der Waals surface area (Å²) in [7, 11) is 0. The monoisotopic (exact) mass is 546 g/mol. The number of aromatic amines is 2. The van der Waals surface area contributed by atoms with E-state index in [4.69, 9.17) is 0 Å². The number of carbonyl (C=O) groups is 1. The summed E-state index contributed by atoms with van der Waals surface area (Å²) in [5, 5.41) is 15.8. The topological polar surface area (TPSA) is 124 Å². The van der Waals surface area contributed by atoms with Crippen molar-refractivity contribution in [3.05, 3.63) is 79.1 Å². The summed E-state index contributed by atoms with van der Waals surface area (Å²) in [4.78, 5) is 29.7. The Bertz CT molecular complexity index is 1870. The molecule has 0 saturated carbocycles. The third-order valence-electron chi connectivity index (χ3n) is 7.62. The van der Waals surface area contributed by atoms with Crippen molar-refractivity contribution < 1.29 is 9.18 Å². The summed E-state index contributed by atoms with van der Waals surface area (Å²) in [6, 6.07) is 14.1. The highest BCUT2D eigenvalue weighted by atomic mass is 19.1. The number of benzene rings is 1. The van der Waals surface area contributed by atoms with Gasteiger partial charge in [-0.15, -0.1) is 0 Å². The van der Waals surface area contributed by atoms with Gasteiger partial charge in [0.1, 0.15) is 11.5 Å². The third kappa shape index (κ3) is 5.05. The molecular weight excluding hydrogens is 519 g/mol. The normalized spacial score (nSPS) is 14.1. The largest absolute Gasteiger partial charge is 0.353 e. The molecule has 6 aromatic rings. The van der Waals surface area contributed by atoms with Gasteiger partial charge in [-0.2, -0.15) is 5.10 Å².